The summed E-state index contributed by atoms with van der Waals surface area (Å²) in [6.45, 7) is 0.208. The van der Waals surface area contributed by atoms with Gasteiger partial charge in [0.2, 0.25) is 0 Å². The molecule has 0 unspecified atom stereocenters. The summed E-state index contributed by atoms with van der Waals surface area (Å²) in [4.78, 5) is 29.9. The van der Waals surface area contributed by atoms with Crippen LogP contribution in [0.4, 0.5) is 5.69 Å². The molecule has 0 saturated heterocycles. The fraction of sp³-hybridized carbons (Fsp3) is 0.143. The zero-order chi connectivity index (χ0) is 22.4. The number of nitrogens with zero attached hydrogens (tertiary/aromatic N) is 1. The summed E-state index contributed by atoms with van der Waals surface area (Å²) in [5.41, 5.74) is 0.827. The molecule has 0 radical (unpaired) electrons. The molecule has 0 aliphatic rings. The Labute approximate surface area is 179 Å². The van der Waals surface area contributed by atoms with Crippen LogP contribution < -0.4 is 10.6 Å². The second kappa shape index (κ2) is 9.56. The molecule has 0 spiro atoms. The first-order chi connectivity index (χ1) is 14.8. The third-order valence-electron chi connectivity index (χ3n) is 4.43. The van der Waals surface area contributed by atoms with E-state index in [0.29, 0.717) is 11.4 Å². The molecule has 0 fully saturated rings. The van der Waals surface area contributed by atoms with E-state index in [1.165, 1.54) is 44.7 Å². The number of rotatable bonds is 8. The molecule has 0 aliphatic carbocycles. The van der Waals surface area contributed by atoms with E-state index >= 15 is 0 Å². The number of carbonyl (C=O) groups is 2. The normalized spacial score (nSPS) is 11.3. The van der Waals surface area contributed by atoms with Gasteiger partial charge < -0.3 is 15.1 Å². The second-order valence-electron chi connectivity index (χ2n) is 6.38. The Morgan fingerprint density at radius 2 is 1.71 bits per heavy atom. The van der Waals surface area contributed by atoms with Crippen LogP contribution in [0.2, 0.25) is 0 Å². The Hall–Kier alpha value is -3.47. The van der Waals surface area contributed by atoms with Crippen molar-refractivity contribution in [2.45, 2.75) is 11.4 Å². The lowest BCUT2D eigenvalue weighted by molar-refractivity contribution is -0.0258. The lowest BCUT2D eigenvalue weighted by atomic mass is 10.1. The number of hydrogen-bond acceptors (Lipinski definition) is 6. The molecule has 0 atom stereocenters. The standard InChI is InChI=1S/C21H21N3O6S/c1-24(29-2)31(27,28)17-11-9-15(10-12-17)20(25)23-19-8-4-3-7-18(19)21(26)22-14-16-6-5-13-30-16/h3-13H,14H2,1-2H3,(H,22,26)(H,23,25). The topological polar surface area (TPSA) is 118 Å². The van der Waals surface area contributed by atoms with Crippen LogP contribution in [0.3, 0.4) is 0 Å². The van der Waals surface area contributed by atoms with Crippen LogP contribution in [0, 0.1) is 0 Å². The van der Waals surface area contributed by atoms with Crippen molar-refractivity contribution in [3.8, 4) is 0 Å². The van der Waals surface area contributed by atoms with E-state index in [9.17, 15) is 18.0 Å². The van der Waals surface area contributed by atoms with Gasteiger partial charge in [0, 0.05) is 12.6 Å². The van der Waals surface area contributed by atoms with Gasteiger partial charge in [-0.05, 0) is 48.5 Å². The first-order valence-electron chi connectivity index (χ1n) is 9.17. The van der Waals surface area contributed by atoms with Crippen molar-refractivity contribution in [2.24, 2.45) is 0 Å². The van der Waals surface area contributed by atoms with E-state index in [1.54, 1.807) is 36.4 Å². The fourth-order valence-electron chi connectivity index (χ4n) is 2.69. The predicted molar refractivity (Wildman–Crippen MR) is 113 cm³/mol. The lowest BCUT2D eigenvalue weighted by Crippen LogP contribution is -2.26. The number of nitrogens with one attached hydrogen (secondary N) is 2. The van der Waals surface area contributed by atoms with E-state index < -0.39 is 15.9 Å². The zero-order valence-corrected chi connectivity index (χ0v) is 17.7. The van der Waals surface area contributed by atoms with Gasteiger partial charge in [-0.25, -0.2) is 8.42 Å². The summed E-state index contributed by atoms with van der Waals surface area (Å²) >= 11 is 0. The molecule has 2 aromatic carbocycles. The first-order valence-corrected chi connectivity index (χ1v) is 10.6. The van der Waals surface area contributed by atoms with Crippen molar-refractivity contribution in [3.63, 3.8) is 0 Å². The number of benzene rings is 2. The van der Waals surface area contributed by atoms with Crippen molar-refractivity contribution >= 4 is 27.5 Å². The van der Waals surface area contributed by atoms with Crippen LogP contribution >= 0.6 is 0 Å². The van der Waals surface area contributed by atoms with Crippen molar-refractivity contribution < 1.29 is 27.3 Å². The Morgan fingerprint density at radius 1 is 1.00 bits per heavy atom. The van der Waals surface area contributed by atoms with Crippen LogP contribution in [-0.4, -0.2) is 38.9 Å². The number of amides is 2. The summed E-state index contributed by atoms with van der Waals surface area (Å²) in [7, 11) is -1.31. The molecule has 1 heterocycles. The third kappa shape index (κ3) is 5.18. The molecule has 2 N–H and O–H groups in total. The summed E-state index contributed by atoms with van der Waals surface area (Å²) in [6.07, 6.45) is 1.51. The summed E-state index contributed by atoms with van der Waals surface area (Å²) in [6, 6.07) is 15.4. The third-order valence-corrected chi connectivity index (χ3v) is 6.13. The molecule has 10 heteroatoms. The maximum Gasteiger partial charge on any atom is 0.264 e. The van der Waals surface area contributed by atoms with Crippen LogP contribution in [-0.2, 0) is 21.4 Å². The zero-order valence-electron chi connectivity index (χ0n) is 16.9. The Kier molecular flexibility index (Phi) is 6.85. The second-order valence-corrected chi connectivity index (χ2v) is 8.32. The van der Waals surface area contributed by atoms with Gasteiger partial charge in [0.05, 0.1) is 36.1 Å². The quantitative estimate of drug-likeness (QED) is 0.517. The van der Waals surface area contributed by atoms with Crippen molar-refractivity contribution in [2.75, 3.05) is 19.5 Å². The van der Waals surface area contributed by atoms with Crippen molar-refractivity contribution in [3.05, 3.63) is 83.8 Å². The highest BCUT2D eigenvalue weighted by Crippen LogP contribution is 2.19. The number of furan rings is 1. The SMILES string of the molecule is CON(C)S(=O)(=O)c1ccc(C(=O)Nc2ccccc2C(=O)NCc2ccco2)cc1. The maximum absolute atomic E-state index is 12.6. The van der Waals surface area contributed by atoms with E-state index in [2.05, 4.69) is 10.6 Å². The van der Waals surface area contributed by atoms with Crippen molar-refractivity contribution in [1.82, 2.24) is 9.79 Å². The first kappa shape index (κ1) is 22.2. The number of para-hydroxylation sites is 1. The summed E-state index contributed by atoms with van der Waals surface area (Å²) < 4.78 is 30.4. The smallest absolute Gasteiger partial charge is 0.264 e. The van der Waals surface area contributed by atoms with Gasteiger partial charge in [-0.3, -0.25) is 14.4 Å². The molecular formula is C21H21N3O6S. The van der Waals surface area contributed by atoms with Gasteiger partial charge in [0.25, 0.3) is 21.8 Å². The molecule has 2 amide bonds. The molecule has 3 aromatic rings. The van der Waals surface area contributed by atoms with Gasteiger partial charge in [0.1, 0.15) is 5.76 Å². The Bertz CT molecular complexity index is 1160. The molecule has 1 aromatic heterocycles. The van der Waals surface area contributed by atoms with Crippen LogP contribution in [0.15, 0.2) is 76.2 Å². The highest BCUT2D eigenvalue weighted by atomic mass is 32.2. The van der Waals surface area contributed by atoms with Gasteiger partial charge in [0.15, 0.2) is 0 Å². The van der Waals surface area contributed by atoms with Crippen molar-refractivity contribution in [1.29, 1.82) is 0 Å². The van der Waals surface area contributed by atoms with E-state index in [4.69, 9.17) is 9.25 Å². The molecule has 0 saturated carbocycles. The Balaban J connectivity index is 1.73. The average molecular weight is 443 g/mol. The largest absolute Gasteiger partial charge is 0.467 e. The number of hydroxylamine groups is 1. The minimum Gasteiger partial charge on any atom is -0.467 e. The fourth-order valence-corrected chi connectivity index (χ4v) is 3.66. The minimum atomic E-state index is -3.81. The summed E-state index contributed by atoms with van der Waals surface area (Å²) in [5, 5.41) is 5.41. The molecule has 162 valence electrons. The molecule has 31 heavy (non-hydrogen) atoms. The van der Waals surface area contributed by atoms with Crippen LogP contribution in [0.5, 0.6) is 0 Å². The average Bonchev–Trinajstić information content (AvgIpc) is 3.31. The van der Waals surface area contributed by atoms with E-state index in [1.807, 2.05) is 0 Å². The predicted octanol–water partition coefficient (Wildman–Crippen LogP) is 2.64. The van der Waals surface area contributed by atoms with E-state index in [-0.39, 0.29) is 28.5 Å². The number of sulfonamides is 1. The van der Waals surface area contributed by atoms with Gasteiger partial charge in [-0.15, -0.1) is 0 Å². The lowest BCUT2D eigenvalue weighted by Gasteiger charge is -2.14. The monoisotopic (exact) mass is 443 g/mol. The number of carbonyl (C=O) groups excluding carboxylic acids is 2. The molecular weight excluding hydrogens is 422 g/mol. The molecule has 0 aliphatic heterocycles. The van der Waals surface area contributed by atoms with Gasteiger partial charge >= 0.3 is 0 Å². The maximum atomic E-state index is 12.6. The van der Waals surface area contributed by atoms with Crippen LogP contribution in [0.1, 0.15) is 26.5 Å². The number of hydrogen-bond donors (Lipinski definition) is 2. The number of anilines is 1. The Morgan fingerprint density at radius 3 is 2.35 bits per heavy atom. The van der Waals surface area contributed by atoms with Gasteiger partial charge in [-0.1, -0.05) is 16.6 Å². The van der Waals surface area contributed by atoms with E-state index in [0.717, 1.165) is 4.47 Å². The summed E-state index contributed by atoms with van der Waals surface area (Å²) in [5.74, 6) is -0.268. The van der Waals surface area contributed by atoms with Gasteiger partial charge in [-0.2, -0.15) is 0 Å². The molecule has 0 bridgehead atoms. The van der Waals surface area contributed by atoms with Crippen LogP contribution in [0.25, 0.3) is 0 Å². The highest BCUT2D eigenvalue weighted by molar-refractivity contribution is 7.89. The minimum absolute atomic E-state index is 0.0221. The molecule has 3 rings (SSSR count). The highest BCUT2D eigenvalue weighted by Gasteiger charge is 2.21. The molecule has 9 nitrogen and oxygen atoms in total.